The van der Waals surface area contributed by atoms with Crippen molar-refractivity contribution in [3.63, 3.8) is 0 Å². The smallest absolute Gasteiger partial charge is 0.161 e. The van der Waals surface area contributed by atoms with Crippen molar-refractivity contribution >= 4 is 16.7 Å². The molecule has 3 heteroatoms. The first-order valence-corrected chi connectivity index (χ1v) is 5.25. The number of aromatic nitrogens is 2. The van der Waals surface area contributed by atoms with Gasteiger partial charge in [-0.3, -0.25) is 0 Å². The van der Waals surface area contributed by atoms with Crippen molar-refractivity contribution in [2.24, 2.45) is 0 Å². The van der Waals surface area contributed by atoms with Gasteiger partial charge in [0, 0.05) is 30.5 Å². The van der Waals surface area contributed by atoms with Gasteiger partial charge in [0.1, 0.15) is 0 Å². The van der Waals surface area contributed by atoms with E-state index in [1.165, 1.54) is 0 Å². The first-order valence-electron chi connectivity index (χ1n) is 5.25. The third-order valence-corrected chi connectivity index (χ3v) is 2.62. The van der Waals surface area contributed by atoms with E-state index in [4.69, 9.17) is 0 Å². The van der Waals surface area contributed by atoms with Gasteiger partial charge in [0.2, 0.25) is 0 Å². The second kappa shape index (κ2) is 3.77. The predicted octanol–water partition coefficient (Wildman–Crippen LogP) is 2.52. The lowest BCUT2D eigenvalue weighted by Gasteiger charge is -2.21. The van der Waals surface area contributed by atoms with E-state index in [1.807, 2.05) is 18.2 Å². The molecule has 3 rings (SSSR count). The molecule has 2 aromatic heterocycles. The Bertz CT molecular complexity index is 567. The molecule has 0 unspecified atom stereocenters. The van der Waals surface area contributed by atoms with Crippen LogP contribution in [-0.4, -0.2) is 16.5 Å². The highest BCUT2D eigenvalue weighted by Gasteiger charge is 2.08. The minimum absolute atomic E-state index is 0.794. The Labute approximate surface area is 93.8 Å². The van der Waals surface area contributed by atoms with Crippen LogP contribution in [-0.2, 0) is 0 Å². The molecule has 0 aromatic carbocycles. The molecule has 0 saturated carbocycles. The van der Waals surface area contributed by atoms with Gasteiger partial charge in [-0.1, -0.05) is 12.2 Å². The van der Waals surface area contributed by atoms with E-state index in [0.29, 0.717) is 0 Å². The van der Waals surface area contributed by atoms with Gasteiger partial charge in [-0.25, -0.2) is 9.97 Å². The van der Waals surface area contributed by atoms with Crippen molar-refractivity contribution in [1.29, 1.82) is 0 Å². The lowest BCUT2D eigenvalue weighted by Crippen LogP contribution is -2.17. The molecule has 16 heavy (non-hydrogen) atoms. The fourth-order valence-corrected chi connectivity index (χ4v) is 1.86. The number of allylic oxidation sites excluding steroid dienone is 2. The Morgan fingerprint density at radius 2 is 2.00 bits per heavy atom. The molecule has 3 nitrogen and oxygen atoms in total. The Kier molecular flexibility index (Phi) is 2.14. The van der Waals surface area contributed by atoms with E-state index in [9.17, 15) is 0 Å². The maximum absolute atomic E-state index is 4.26. The summed E-state index contributed by atoms with van der Waals surface area (Å²) in [5, 5.41) is 1.09. The number of nitrogens with zero attached hydrogens (tertiary/aromatic N) is 3. The van der Waals surface area contributed by atoms with E-state index in [2.05, 4.69) is 39.3 Å². The van der Waals surface area contributed by atoms with Crippen LogP contribution in [0, 0.1) is 0 Å². The molecule has 1 aliphatic rings. The van der Waals surface area contributed by atoms with E-state index in [0.717, 1.165) is 23.3 Å². The number of hydrogen-bond acceptors (Lipinski definition) is 3. The molecule has 78 valence electrons. The number of fused-ring (bicyclic) bond motifs is 1. The number of hydrogen-bond donors (Lipinski definition) is 0. The maximum atomic E-state index is 4.26. The average molecular weight is 209 g/mol. The topological polar surface area (TPSA) is 29.0 Å². The van der Waals surface area contributed by atoms with Gasteiger partial charge >= 0.3 is 0 Å². The molecule has 0 spiro atoms. The standard InChI is InChI=1S/C13H11N3/c1-2-9-16(10-3-1)12-6-8-15-13-11(12)5-4-7-14-13/h1-9H,10H2. The second-order valence-corrected chi connectivity index (χ2v) is 3.63. The van der Waals surface area contributed by atoms with Crippen LogP contribution in [0.1, 0.15) is 0 Å². The summed E-state index contributed by atoms with van der Waals surface area (Å²) in [7, 11) is 0. The zero-order valence-electron chi connectivity index (χ0n) is 8.74. The third kappa shape index (κ3) is 1.46. The summed E-state index contributed by atoms with van der Waals surface area (Å²) in [5.74, 6) is 0. The molecule has 0 atom stereocenters. The van der Waals surface area contributed by atoms with Crippen LogP contribution in [0.15, 0.2) is 55.0 Å². The van der Waals surface area contributed by atoms with Crippen LogP contribution in [0.25, 0.3) is 11.0 Å². The van der Waals surface area contributed by atoms with Crippen LogP contribution >= 0.6 is 0 Å². The summed E-state index contributed by atoms with van der Waals surface area (Å²) < 4.78 is 0. The average Bonchev–Trinajstić information content (AvgIpc) is 2.39. The van der Waals surface area contributed by atoms with Gasteiger partial charge in [0.15, 0.2) is 5.65 Å². The molecule has 3 heterocycles. The highest BCUT2D eigenvalue weighted by atomic mass is 15.1. The van der Waals surface area contributed by atoms with Crippen LogP contribution < -0.4 is 4.90 Å². The largest absolute Gasteiger partial charge is 0.344 e. The summed E-state index contributed by atoms with van der Waals surface area (Å²) in [6, 6.07) is 6.02. The van der Waals surface area contributed by atoms with Crippen molar-refractivity contribution < 1.29 is 0 Å². The minimum Gasteiger partial charge on any atom is -0.344 e. The van der Waals surface area contributed by atoms with Crippen LogP contribution in [0.5, 0.6) is 0 Å². The SMILES string of the molecule is C1=CCN(c2ccnc3ncccc23)C=C1. The van der Waals surface area contributed by atoms with E-state index >= 15 is 0 Å². The van der Waals surface area contributed by atoms with Crippen molar-refractivity contribution in [3.8, 4) is 0 Å². The summed E-state index contributed by atoms with van der Waals surface area (Å²) in [4.78, 5) is 10.7. The molecular weight excluding hydrogens is 198 g/mol. The van der Waals surface area contributed by atoms with Gasteiger partial charge in [-0.05, 0) is 24.3 Å². The Hall–Kier alpha value is -2.16. The molecule has 0 N–H and O–H groups in total. The molecule has 0 aliphatic carbocycles. The quantitative estimate of drug-likeness (QED) is 0.722. The summed E-state index contributed by atoms with van der Waals surface area (Å²) >= 11 is 0. The van der Waals surface area contributed by atoms with Crippen LogP contribution in [0.4, 0.5) is 5.69 Å². The molecule has 1 aliphatic heterocycles. The summed E-state index contributed by atoms with van der Waals surface area (Å²) in [6.07, 6.45) is 11.9. The second-order valence-electron chi connectivity index (χ2n) is 3.63. The number of anilines is 1. The summed E-state index contributed by atoms with van der Waals surface area (Å²) in [6.45, 7) is 0.893. The van der Waals surface area contributed by atoms with E-state index < -0.39 is 0 Å². The minimum atomic E-state index is 0.794. The number of rotatable bonds is 1. The van der Waals surface area contributed by atoms with E-state index in [-0.39, 0.29) is 0 Å². The van der Waals surface area contributed by atoms with E-state index in [1.54, 1.807) is 12.4 Å². The lowest BCUT2D eigenvalue weighted by atomic mass is 10.2. The number of pyridine rings is 2. The van der Waals surface area contributed by atoms with Gasteiger partial charge in [0.25, 0.3) is 0 Å². The normalized spacial score (nSPS) is 14.6. The zero-order chi connectivity index (χ0) is 10.8. The maximum Gasteiger partial charge on any atom is 0.161 e. The third-order valence-electron chi connectivity index (χ3n) is 2.62. The Morgan fingerprint density at radius 1 is 1.06 bits per heavy atom. The first-order chi connectivity index (χ1) is 7.95. The van der Waals surface area contributed by atoms with Crippen LogP contribution in [0.3, 0.4) is 0 Å². The van der Waals surface area contributed by atoms with Crippen molar-refractivity contribution in [1.82, 2.24) is 9.97 Å². The molecular formula is C13H11N3. The van der Waals surface area contributed by atoms with Crippen LogP contribution in [0.2, 0.25) is 0 Å². The van der Waals surface area contributed by atoms with Gasteiger partial charge in [0.05, 0.1) is 5.69 Å². The zero-order valence-corrected chi connectivity index (χ0v) is 8.74. The molecule has 0 amide bonds. The summed E-state index contributed by atoms with van der Waals surface area (Å²) in [5.41, 5.74) is 1.95. The molecule has 0 fully saturated rings. The highest BCUT2D eigenvalue weighted by Crippen LogP contribution is 2.24. The molecule has 2 aromatic rings. The highest BCUT2D eigenvalue weighted by molar-refractivity contribution is 5.89. The molecule has 0 bridgehead atoms. The monoisotopic (exact) mass is 209 g/mol. The van der Waals surface area contributed by atoms with Crippen molar-refractivity contribution in [2.75, 3.05) is 11.4 Å². The van der Waals surface area contributed by atoms with Crippen molar-refractivity contribution in [2.45, 2.75) is 0 Å². The lowest BCUT2D eigenvalue weighted by molar-refractivity contribution is 1.08. The molecule has 0 saturated heterocycles. The molecule has 0 radical (unpaired) electrons. The fraction of sp³-hybridized carbons (Fsp3) is 0.0769. The first kappa shape index (κ1) is 9.09. The predicted molar refractivity (Wildman–Crippen MR) is 65.2 cm³/mol. The fourth-order valence-electron chi connectivity index (χ4n) is 1.86. The van der Waals surface area contributed by atoms with Gasteiger partial charge in [-0.15, -0.1) is 0 Å². The van der Waals surface area contributed by atoms with Crippen molar-refractivity contribution in [3.05, 3.63) is 55.0 Å². The Balaban J connectivity index is 2.16. The van der Waals surface area contributed by atoms with Gasteiger partial charge < -0.3 is 4.90 Å². The van der Waals surface area contributed by atoms with Gasteiger partial charge in [-0.2, -0.15) is 0 Å². The Morgan fingerprint density at radius 3 is 2.88 bits per heavy atom.